The number of carboxylic acid groups (broad SMARTS) is 1. The molecule has 1 aromatic carbocycles. The second-order valence-corrected chi connectivity index (χ2v) is 3.97. The minimum Gasteiger partial charge on any atom is -0.530 e. The number of hydrogen-bond donors (Lipinski definition) is 0. The molecule has 0 aliphatic heterocycles. The van der Waals surface area contributed by atoms with E-state index >= 15 is 0 Å². The number of rotatable bonds is 2. The molecule has 22 heavy (non-hydrogen) atoms. The number of nitro benzene ring substituents is 1. The van der Waals surface area contributed by atoms with Crippen LogP contribution >= 0.6 is 0 Å². The average Bonchev–Trinajstić information content (AvgIpc) is 2.33. The smallest absolute Gasteiger partial charge is 0.418 e. The molecule has 0 aliphatic rings. The van der Waals surface area contributed by atoms with Crippen LogP contribution in [0, 0.1) is 10.1 Å². The Morgan fingerprint density at radius 1 is 1.14 bits per heavy atom. The van der Waals surface area contributed by atoms with Crippen molar-refractivity contribution in [2.24, 2.45) is 0 Å². The first-order chi connectivity index (χ1) is 9.76. The average molecular weight is 331 g/mol. The maximum atomic E-state index is 12.9. The molecule has 0 radical (unpaired) electrons. The van der Waals surface area contributed by atoms with E-state index in [-0.39, 0.29) is 11.0 Å². The molecule has 6 nitrogen and oxygen atoms in total. The Labute approximate surface area is 117 Å². The van der Waals surface area contributed by atoms with Crippen molar-refractivity contribution in [1.82, 2.24) is 0 Å². The normalized spacial score (nSPS) is 12.1. The molecule has 0 atom stereocenters. The predicted octanol–water partition coefficient (Wildman–Crippen LogP) is 2.41. The van der Waals surface area contributed by atoms with Crippen molar-refractivity contribution in [2.75, 3.05) is 11.9 Å². The van der Waals surface area contributed by atoms with Gasteiger partial charge in [0, 0.05) is 13.1 Å². The zero-order valence-corrected chi connectivity index (χ0v) is 10.4. The first-order valence-electron chi connectivity index (χ1n) is 5.18. The number of anilines is 1. The van der Waals surface area contributed by atoms with Gasteiger partial charge < -0.3 is 14.8 Å². The lowest BCUT2D eigenvalue weighted by molar-refractivity contribution is -0.384. The molecule has 0 bridgehead atoms. The lowest BCUT2D eigenvalue weighted by atomic mass is 10.0. The second kappa shape index (κ2) is 5.35. The topological polar surface area (TPSA) is 86.5 Å². The van der Waals surface area contributed by atoms with Crippen LogP contribution in [0.3, 0.4) is 0 Å². The highest BCUT2D eigenvalue weighted by Gasteiger charge is 2.43. The highest BCUT2D eigenvalue weighted by Crippen LogP contribution is 2.45. The molecule has 0 heterocycles. The van der Waals surface area contributed by atoms with Crippen LogP contribution in [0.5, 0.6) is 0 Å². The largest absolute Gasteiger partial charge is 0.530 e. The molecule has 12 heteroatoms. The molecule has 0 saturated carbocycles. The number of alkyl halides is 6. The van der Waals surface area contributed by atoms with Gasteiger partial charge in [-0.2, -0.15) is 26.3 Å². The summed E-state index contributed by atoms with van der Waals surface area (Å²) in [6, 6.07) is -0.578. The minimum absolute atomic E-state index is 0.177. The van der Waals surface area contributed by atoms with Gasteiger partial charge in [-0.05, 0) is 6.07 Å². The quantitative estimate of drug-likeness (QED) is 0.473. The Morgan fingerprint density at radius 3 is 1.95 bits per heavy atom. The molecule has 0 fully saturated rings. The van der Waals surface area contributed by atoms with E-state index in [0.29, 0.717) is 7.05 Å². The first-order valence-corrected chi connectivity index (χ1v) is 5.18. The molecule has 0 aliphatic carbocycles. The SMILES string of the molecule is CN(C(=O)[O-])c1c([N+](=O)[O-])cc(C(F)(F)F)cc1C(F)(F)F. The number of carbonyl (C=O) groups is 1. The maximum Gasteiger partial charge on any atom is 0.418 e. The van der Waals surface area contributed by atoms with Gasteiger partial charge in [0.05, 0.1) is 16.1 Å². The van der Waals surface area contributed by atoms with Gasteiger partial charge in [-0.3, -0.25) is 10.1 Å². The van der Waals surface area contributed by atoms with E-state index in [1.807, 2.05) is 0 Å². The van der Waals surface area contributed by atoms with Gasteiger partial charge in [-0.15, -0.1) is 0 Å². The van der Waals surface area contributed by atoms with Gasteiger partial charge in [0.2, 0.25) is 0 Å². The molecule has 0 spiro atoms. The van der Waals surface area contributed by atoms with Crippen LogP contribution in [0.25, 0.3) is 0 Å². The van der Waals surface area contributed by atoms with Gasteiger partial charge in [-0.25, -0.2) is 0 Å². The van der Waals surface area contributed by atoms with Crippen molar-refractivity contribution < 1.29 is 41.2 Å². The second-order valence-electron chi connectivity index (χ2n) is 3.97. The molecule has 0 N–H and O–H groups in total. The number of hydrogen-bond acceptors (Lipinski definition) is 4. The summed E-state index contributed by atoms with van der Waals surface area (Å²) in [4.78, 5) is 19.6. The highest BCUT2D eigenvalue weighted by molar-refractivity contribution is 5.89. The standard InChI is InChI=1S/C10H6F6N2O4/c1-17(8(19)20)7-5(10(14,15)16)2-4(9(11,12)13)3-6(7)18(21)22/h2-3H,1H3,(H,19,20)/p-1. The Hall–Kier alpha value is -2.53. The molecule has 0 aromatic heterocycles. The summed E-state index contributed by atoms with van der Waals surface area (Å²) in [5, 5.41) is 21.4. The van der Waals surface area contributed by atoms with Gasteiger partial charge >= 0.3 is 12.4 Å². The number of carbonyl (C=O) groups excluding carboxylic acids is 1. The van der Waals surface area contributed by atoms with Crippen LogP contribution in [0.2, 0.25) is 0 Å². The van der Waals surface area contributed by atoms with Gasteiger partial charge in [0.25, 0.3) is 5.69 Å². The molecule has 1 rings (SSSR count). The van der Waals surface area contributed by atoms with Crippen molar-refractivity contribution in [2.45, 2.75) is 12.4 Å². The number of nitrogens with zero attached hydrogens (tertiary/aromatic N) is 2. The number of halogens is 6. The van der Waals surface area contributed by atoms with E-state index in [1.165, 1.54) is 0 Å². The zero-order chi connectivity index (χ0) is 17.5. The van der Waals surface area contributed by atoms with Crippen LogP contribution in [0.1, 0.15) is 11.1 Å². The predicted molar refractivity (Wildman–Crippen MR) is 56.9 cm³/mol. The fraction of sp³-hybridized carbons (Fsp3) is 0.300. The first kappa shape index (κ1) is 17.5. The van der Waals surface area contributed by atoms with E-state index in [2.05, 4.69) is 0 Å². The van der Waals surface area contributed by atoms with E-state index in [4.69, 9.17) is 0 Å². The number of amides is 1. The summed E-state index contributed by atoms with van der Waals surface area (Å²) in [5.41, 5.74) is -7.25. The minimum atomic E-state index is -5.45. The van der Waals surface area contributed by atoms with E-state index in [9.17, 15) is 46.4 Å². The van der Waals surface area contributed by atoms with Crippen LogP contribution in [0.15, 0.2) is 12.1 Å². The van der Waals surface area contributed by atoms with Crippen LogP contribution in [0.4, 0.5) is 42.5 Å². The maximum absolute atomic E-state index is 12.9. The summed E-state index contributed by atoms with van der Waals surface area (Å²) < 4.78 is 76.2. The van der Waals surface area contributed by atoms with Crippen LogP contribution in [-0.4, -0.2) is 18.1 Å². The van der Waals surface area contributed by atoms with Crippen LogP contribution in [-0.2, 0) is 12.4 Å². The third-order valence-electron chi connectivity index (χ3n) is 2.53. The molecule has 122 valence electrons. The Kier molecular flexibility index (Phi) is 4.26. The molecular weight excluding hydrogens is 326 g/mol. The van der Waals surface area contributed by atoms with Crippen molar-refractivity contribution in [1.29, 1.82) is 0 Å². The molecule has 0 unspecified atom stereocenters. The zero-order valence-electron chi connectivity index (χ0n) is 10.4. The summed E-state index contributed by atoms with van der Waals surface area (Å²) in [7, 11) is 0.486. The Morgan fingerprint density at radius 2 is 1.64 bits per heavy atom. The van der Waals surface area contributed by atoms with E-state index < -0.39 is 51.9 Å². The number of nitro groups is 1. The summed E-state index contributed by atoms with van der Waals surface area (Å²) >= 11 is 0. The monoisotopic (exact) mass is 331 g/mol. The van der Waals surface area contributed by atoms with Gasteiger partial charge in [0.1, 0.15) is 11.8 Å². The van der Waals surface area contributed by atoms with Crippen LogP contribution < -0.4 is 10.0 Å². The number of benzene rings is 1. The van der Waals surface area contributed by atoms with E-state index in [0.717, 1.165) is 0 Å². The molecule has 1 amide bonds. The fourth-order valence-electron chi connectivity index (χ4n) is 1.58. The summed E-state index contributed by atoms with van der Waals surface area (Å²) in [5.74, 6) is 0. The third kappa shape index (κ3) is 3.38. The van der Waals surface area contributed by atoms with E-state index in [1.54, 1.807) is 0 Å². The van der Waals surface area contributed by atoms with Gasteiger partial charge in [-0.1, -0.05) is 0 Å². The Bertz CT molecular complexity index is 625. The molecule has 1 aromatic rings. The van der Waals surface area contributed by atoms with Crippen molar-refractivity contribution in [3.05, 3.63) is 33.4 Å². The molecular formula is C10H5F6N2O4-. The van der Waals surface area contributed by atoms with Crippen molar-refractivity contribution >= 4 is 17.5 Å². The molecule has 0 saturated heterocycles. The Balaban J connectivity index is 3.87. The fourth-order valence-corrected chi connectivity index (χ4v) is 1.58. The van der Waals surface area contributed by atoms with Crippen molar-refractivity contribution in [3.63, 3.8) is 0 Å². The summed E-state index contributed by atoms with van der Waals surface area (Å²) in [6.45, 7) is 0. The highest BCUT2D eigenvalue weighted by atomic mass is 19.4. The lowest BCUT2D eigenvalue weighted by Gasteiger charge is -2.24. The summed E-state index contributed by atoms with van der Waals surface area (Å²) in [6.07, 6.45) is -13.0. The van der Waals surface area contributed by atoms with Gasteiger partial charge in [0.15, 0.2) is 0 Å². The third-order valence-corrected chi connectivity index (χ3v) is 2.53. The lowest BCUT2D eigenvalue weighted by Crippen LogP contribution is -2.39. The van der Waals surface area contributed by atoms with Crippen molar-refractivity contribution in [3.8, 4) is 0 Å².